The first-order valence-corrected chi connectivity index (χ1v) is 28.8. The van der Waals surface area contributed by atoms with Crippen LogP contribution in [0.2, 0.25) is 0 Å². The van der Waals surface area contributed by atoms with E-state index in [1.165, 1.54) is 39.2 Å². The number of para-hydroxylation sites is 10. The van der Waals surface area contributed by atoms with Gasteiger partial charge in [0.1, 0.15) is 5.52 Å². The van der Waals surface area contributed by atoms with E-state index < -0.39 is 0 Å². The lowest BCUT2D eigenvalue weighted by Gasteiger charge is -2.45. The molecule has 0 spiro atoms. The van der Waals surface area contributed by atoms with Crippen LogP contribution < -0.4 is 19.6 Å². The molecule has 12 aromatic rings. The standard InChI is InChI=1S/C67H41N5OS4/c1-10-31-55-45(22-1)68-67(73-55)43-21-19-20-42(40-43)44-41-54(69-46-23-2-11-32-56(46)74-57-33-12-3-24-47(57)69)65(71-50-27-6-15-36-60(50)76-61-37-16-7-28-51(61)71)66(72-52-29-8-17-38-62(52)77-63-39-18-9-30-53(63)72)64(44)70-48-25-4-13-34-58(48)75-59-35-14-5-26-49(59)70/h1-41H. The zero-order chi connectivity index (χ0) is 50.6. The number of fused-ring (bicyclic) bond motifs is 9. The van der Waals surface area contributed by atoms with E-state index >= 15 is 0 Å². The predicted octanol–water partition coefficient (Wildman–Crippen LogP) is 20.9. The quantitative estimate of drug-likeness (QED) is 0.161. The normalized spacial score (nSPS) is 13.7. The second-order valence-electron chi connectivity index (χ2n) is 19.0. The Bertz CT molecular complexity index is 4170. The molecule has 5 heterocycles. The van der Waals surface area contributed by atoms with Crippen molar-refractivity contribution in [3.05, 3.63) is 249 Å². The van der Waals surface area contributed by atoms with Crippen LogP contribution in [0.5, 0.6) is 0 Å². The van der Waals surface area contributed by atoms with Gasteiger partial charge in [-0.1, -0.05) is 168 Å². The van der Waals surface area contributed by atoms with Crippen LogP contribution in [0.15, 0.2) is 292 Å². The number of nitrogens with zero attached hydrogens (tertiary/aromatic N) is 5. The molecule has 0 N–H and O–H groups in total. The van der Waals surface area contributed by atoms with Crippen molar-refractivity contribution in [3.8, 4) is 22.6 Å². The molecule has 0 unspecified atom stereocenters. The molecular weight excluding hydrogens is 1020 g/mol. The highest BCUT2D eigenvalue weighted by molar-refractivity contribution is 8.00. The molecule has 6 nitrogen and oxygen atoms in total. The number of anilines is 12. The summed E-state index contributed by atoms with van der Waals surface area (Å²) >= 11 is 7.31. The van der Waals surface area contributed by atoms with Gasteiger partial charge in [0, 0.05) is 50.3 Å². The van der Waals surface area contributed by atoms with Gasteiger partial charge in [-0.05, 0) is 133 Å². The lowest BCUT2D eigenvalue weighted by molar-refractivity contribution is 0.620. The van der Waals surface area contributed by atoms with Crippen molar-refractivity contribution in [2.75, 3.05) is 19.6 Å². The fourth-order valence-corrected chi connectivity index (χ4v) is 15.5. The van der Waals surface area contributed by atoms with E-state index in [0.717, 1.165) is 96.0 Å². The van der Waals surface area contributed by atoms with E-state index in [1.54, 1.807) is 0 Å². The SMILES string of the molecule is c1cc(-c2nc3ccccc3o2)cc(-c2cc(N3c4ccccc4Sc4ccccc43)c(N3c4ccccc4Sc4ccccc43)c(N3c4ccccc4Sc4ccccc43)c2N2c3ccccc3Sc3ccccc32)c1. The maximum absolute atomic E-state index is 6.59. The highest BCUT2D eigenvalue weighted by Gasteiger charge is 2.42. The Morgan fingerprint density at radius 1 is 0.273 bits per heavy atom. The molecule has 0 bridgehead atoms. The van der Waals surface area contributed by atoms with E-state index in [0.29, 0.717) is 5.89 Å². The summed E-state index contributed by atoms with van der Waals surface area (Å²) in [4.78, 5) is 24.7. The molecule has 0 fully saturated rings. The molecule has 10 heteroatoms. The van der Waals surface area contributed by atoms with E-state index in [9.17, 15) is 0 Å². The molecule has 0 amide bonds. The highest BCUT2D eigenvalue weighted by Crippen LogP contribution is 2.68. The summed E-state index contributed by atoms with van der Waals surface area (Å²) in [6, 6.07) is 90.6. The zero-order valence-corrected chi connectivity index (χ0v) is 44.2. The Balaban J connectivity index is 1.15. The molecule has 0 radical (unpaired) electrons. The minimum absolute atomic E-state index is 0.572. The Hall–Kier alpha value is -8.51. The van der Waals surface area contributed by atoms with Gasteiger partial charge in [-0.25, -0.2) is 4.98 Å². The first-order valence-electron chi connectivity index (χ1n) is 25.5. The summed E-state index contributed by atoms with van der Waals surface area (Å²) < 4.78 is 6.59. The van der Waals surface area contributed by atoms with Crippen LogP contribution >= 0.6 is 47.0 Å². The summed E-state index contributed by atoms with van der Waals surface area (Å²) in [6.07, 6.45) is 0. The second kappa shape index (κ2) is 18.1. The molecule has 4 aliphatic heterocycles. The highest BCUT2D eigenvalue weighted by atomic mass is 32.2. The van der Waals surface area contributed by atoms with Gasteiger partial charge in [0.25, 0.3) is 0 Å². The third-order valence-electron chi connectivity index (χ3n) is 14.6. The van der Waals surface area contributed by atoms with Gasteiger partial charge in [-0.15, -0.1) is 0 Å². The fraction of sp³-hybridized carbons (Fsp3) is 0. The van der Waals surface area contributed by atoms with Gasteiger partial charge < -0.3 is 24.0 Å². The molecule has 11 aromatic carbocycles. The predicted molar refractivity (Wildman–Crippen MR) is 320 cm³/mol. The fourth-order valence-electron chi connectivity index (χ4n) is 11.3. The minimum Gasteiger partial charge on any atom is -0.436 e. The number of oxazole rings is 1. The molecule has 0 aliphatic carbocycles. The Morgan fingerprint density at radius 3 is 1.03 bits per heavy atom. The van der Waals surface area contributed by atoms with Crippen LogP contribution in [0.3, 0.4) is 0 Å². The van der Waals surface area contributed by atoms with Crippen LogP contribution in [0.25, 0.3) is 33.7 Å². The average Bonchev–Trinajstić information content (AvgIpc) is 4.11. The van der Waals surface area contributed by atoms with Gasteiger partial charge in [0.2, 0.25) is 5.89 Å². The van der Waals surface area contributed by atoms with E-state index in [1.807, 2.05) is 71.3 Å². The van der Waals surface area contributed by atoms with E-state index in [-0.39, 0.29) is 0 Å². The van der Waals surface area contributed by atoms with Gasteiger partial charge in [0.05, 0.1) is 68.2 Å². The van der Waals surface area contributed by atoms with Crippen molar-refractivity contribution < 1.29 is 4.42 Å². The van der Waals surface area contributed by atoms with Crippen molar-refractivity contribution in [2.24, 2.45) is 0 Å². The third-order valence-corrected chi connectivity index (χ3v) is 19.1. The van der Waals surface area contributed by atoms with Gasteiger partial charge >= 0.3 is 0 Å². The topological polar surface area (TPSA) is 39.0 Å². The van der Waals surface area contributed by atoms with Crippen molar-refractivity contribution in [1.29, 1.82) is 0 Å². The third kappa shape index (κ3) is 7.20. The summed E-state index contributed by atoms with van der Waals surface area (Å²) in [5.41, 5.74) is 17.4. The van der Waals surface area contributed by atoms with Crippen molar-refractivity contribution in [2.45, 2.75) is 39.2 Å². The monoisotopic (exact) mass is 1060 g/mol. The summed E-state index contributed by atoms with van der Waals surface area (Å²) in [6.45, 7) is 0. The molecular formula is C67H41N5OS4. The number of benzene rings is 11. The smallest absolute Gasteiger partial charge is 0.227 e. The molecule has 16 rings (SSSR count). The van der Waals surface area contributed by atoms with Crippen molar-refractivity contribution in [3.63, 3.8) is 0 Å². The molecule has 4 aliphatic rings. The van der Waals surface area contributed by atoms with Crippen LogP contribution in [-0.2, 0) is 0 Å². The summed E-state index contributed by atoms with van der Waals surface area (Å²) in [5.74, 6) is 0.572. The first-order chi connectivity index (χ1) is 38.2. The van der Waals surface area contributed by atoms with Crippen LogP contribution in [-0.4, -0.2) is 4.98 Å². The molecule has 77 heavy (non-hydrogen) atoms. The maximum Gasteiger partial charge on any atom is 0.227 e. The van der Waals surface area contributed by atoms with Crippen LogP contribution in [0.4, 0.5) is 68.2 Å². The average molecular weight is 1060 g/mol. The molecule has 1 aromatic heterocycles. The zero-order valence-electron chi connectivity index (χ0n) is 40.9. The number of rotatable bonds is 6. The Morgan fingerprint density at radius 2 is 0.610 bits per heavy atom. The minimum atomic E-state index is 0.572. The lowest BCUT2D eigenvalue weighted by atomic mass is 9.93. The Kier molecular flexibility index (Phi) is 10.5. The Labute approximate surface area is 462 Å². The summed E-state index contributed by atoms with van der Waals surface area (Å²) in [7, 11) is 0. The second-order valence-corrected chi connectivity index (χ2v) is 23.4. The first kappa shape index (κ1) is 44.8. The molecule has 364 valence electrons. The molecule has 0 saturated carbocycles. The van der Waals surface area contributed by atoms with Crippen LogP contribution in [0.1, 0.15) is 0 Å². The van der Waals surface area contributed by atoms with Crippen molar-refractivity contribution >= 4 is 126 Å². The van der Waals surface area contributed by atoms with Crippen molar-refractivity contribution in [1.82, 2.24) is 4.98 Å². The van der Waals surface area contributed by atoms with Crippen LogP contribution in [0, 0.1) is 0 Å². The van der Waals surface area contributed by atoms with E-state index in [2.05, 4.69) is 244 Å². The maximum atomic E-state index is 6.59. The molecule has 0 saturated heterocycles. The molecule has 0 atom stereocenters. The lowest BCUT2D eigenvalue weighted by Crippen LogP contribution is -2.27. The number of hydrogen-bond acceptors (Lipinski definition) is 10. The largest absolute Gasteiger partial charge is 0.436 e. The van der Waals surface area contributed by atoms with Gasteiger partial charge in [-0.3, -0.25) is 0 Å². The summed E-state index contributed by atoms with van der Waals surface area (Å²) in [5, 5.41) is 0. The number of hydrogen-bond donors (Lipinski definition) is 0. The van der Waals surface area contributed by atoms with Gasteiger partial charge in [0.15, 0.2) is 5.58 Å². The van der Waals surface area contributed by atoms with E-state index in [4.69, 9.17) is 9.40 Å². The van der Waals surface area contributed by atoms with Gasteiger partial charge in [-0.2, -0.15) is 0 Å². The number of aromatic nitrogens is 1.